The molecule has 2 heterocycles. The number of nitrogens with one attached hydrogen (secondary N) is 2. The van der Waals surface area contributed by atoms with Gasteiger partial charge in [-0.05, 0) is 12.8 Å². The Kier molecular flexibility index (Phi) is 4.91. The Morgan fingerprint density at radius 3 is 2.90 bits per heavy atom. The minimum absolute atomic E-state index is 0.0142. The van der Waals surface area contributed by atoms with E-state index < -0.39 is 0 Å². The molecule has 0 saturated heterocycles. The molecular weight excluding hydrogens is 272 g/mol. The van der Waals surface area contributed by atoms with Crippen LogP contribution in [-0.2, 0) is 11.2 Å². The Hall–Kier alpha value is -2.38. The second kappa shape index (κ2) is 6.87. The van der Waals surface area contributed by atoms with Gasteiger partial charge in [0.05, 0.1) is 13.3 Å². The van der Waals surface area contributed by atoms with Gasteiger partial charge in [0.15, 0.2) is 5.65 Å². The molecule has 0 spiro atoms. The molecule has 0 bridgehead atoms. The highest BCUT2D eigenvalue weighted by molar-refractivity contribution is 5.76. The van der Waals surface area contributed by atoms with Gasteiger partial charge >= 0.3 is 6.01 Å². The van der Waals surface area contributed by atoms with E-state index in [0.717, 1.165) is 18.5 Å². The molecule has 0 aromatic carbocycles. The number of fused-ring (bicyclic) bond motifs is 1. The van der Waals surface area contributed by atoms with Crippen LogP contribution in [0, 0.1) is 0 Å². The van der Waals surface area contributed by atoms with Crippen LogP contribution >= 0.6 is 0 Å². The van der Waals surface area contributed by atoms with Crippen molar-refractivity contribution in [3.63, 3.8) is 0 Å². The van der Waals surface area contributed by atoms with E-state index in [-0.39, 0.29) is 11.9 Å². The third kappa shape index (κ3) is 3.39. The maximum atomic E-state index is 11.4. The molecule has 0 atom stereocenters. The van der Waals surface area contributed by atoms with Gasteiger partial charge in [0.25, 0.3) is 0 Å². The van der Waals surface area contributed by atoms with Crippen LogP contribution in [0.15, 0.2) is 6.20 Å². The van der Waals surface area contributed by atoms with Crippen LogP contribution in [0.1, 0.15) is 25.3 Å². The lowest BCUT2D eigenvalue weighted by atomic mass is 10.2. The van der Waals surface area contributed by atoms with Gasteiger partial charge in [0, 0.05) is 25.6 Å². The van der Waals surface area contributed by atoms with Crippen LogP contribution in [0.5, 0.6) is 6.01 Å². The molecule has 114 valence electrons. The number of anilines is 1. The Labute approximate surface area is 122 Å². The number of nitrogens with zero attached hydrogens (tertiary/aromatic N) is 4. The third-order valence-electron chi connectivity index (χ3n) is 3.04. The number of aromatic nitrogens is 4. The number of hydrogen-bond donors (Lipinski definition) is 2. The van der Waals surface area contributed by atoms with Gasteiger partial charge in [-0.1, -0.05) is 6.92 Å². The van der Waals surface area contributed by atoms with E-state index in [1.54, 1.807) is 17.8 Å². The van der Waals surface area contributed by atoms with Crippen molar-refractivity contribution < 1.29 is 9.53 Å². The Bertz CT molecular complexity index is 624. The van der Waals surface area contributed by atoms with Crippen molar-refractivity contribution >= 4 is 17.5 Å². The van der Waals surface area contributed by atoms with Crippen molar-refractivity contribution in [1.82, 2.24) is 24.9 Å². The molecule has 0 radical (unpaired) electrons. The topological polar surface area (TPSA) is 93.4 Å². The molecule has 21 heavy (non-hydrogen) atoms. The van der Waals surface area contributed by atoms with Crippen LogP contribution in [0.2, 0.25) is 0 Å². The average molecular weight is 292 g/mol. The summed E-state index contributed by atoms with van der Waals surface area (Å²) in [4.78, 5) is 19.9. The SMILES string of the molecule is CCCNc1nc(OC)nc2c(CCC(=O)NC)cnn12. The summed E-state index contributed by atoms with van der Waals surface area (Å²) in [6, 6.07) is 0.280. The summed E-state index contributed by atoms with van der Waals surface area (Å²) >= 11 is 0. The number of hydrogen-bond acceptors (Lipinski definition) is 6. The average Bonchev–Trinajstić information content (AvgIpc) is 2.93. The summed E-state index contributed by atoms with van der Waals surface area (Å²) in [5, 5.41) is 10.1. The molecule has 0 unspecified atom stereocenters. The first-order valence-corrected chi connectivity index (χ1v) is 6.92. The summed E-state index contributed by atoms with van der Waals surface area (Å²) in [7, 11) is 3.15. The predicted octanol–water partition coefficient (Wildman–Crippen LogP) is 0.633. The number of carbonyl (C=O) groups is 1. The predicted molar refractivity (Wildman–Crippen MR) is 78.5 cm³/mol. The molecule has 0 aliphatic rings. The number of aryl methyl sites for hydroxylation is 1. The lowest BCUT2D eigenvalue weighted by molar-refractivity contribution is -0.120. The van der Waals surface area contributed by atoms with Crippen molar-refractivity contribution in [1.29, 1.82) is 0 Å². The molecule has 2 N–H and O–H groups in total. The zero-order valence-electron chi connectivity index (χ0n) is 12.5. The maximum absolute atomic E-state index is 11.4. The van der Waals surface area contributed by atoms with E-state index in [1.165, 1.54) is 7.11 Å². The molecule has 8 heteroatoms. The highest BCUT2D eigenvalue weighted by atomic mass is 16.5. The van der Waals surface area contributed by atoms with E-state index in [9.17, 15) is 4.79 Å². The normalized spacial score (nSPS) is 10.6. The van der Waals surface area contributed by atoms with Gasteiger partial charge < -0.3 is 15.4 Å². The molecule has 2 rings (SSSR count). The van der Waals surface area contributed by atoms with E-state index in [1.807, 2.05) is 0 Å². The first-order chi connectivity index (χ1) is 10.2. The van der Waals surface area contributed by atoms with Crippen LogP contribution < -0.4 is 15.4 Å². The van der Waals surface area contributed by atoms with Crippen molar-refractivity contribution in [2.45, 2.75) is 26.2 Å². The zero-order chi connectivity index (χ0) is 15.2. The van der Waals surface area contributed by atoms with E-state index >= 15 is 0 Å². The Balaban J connectivity index is 2.33. The number of methoxy groups -OCH3 is 1. The third-order valence-corrected chi connectivity index (χ3v) is 3.04. The van der Waals surface area contributed by atoms with Crippen molar-refractivity contribution in [2.24, 2.45) is 0 Å². The molecule has 0 aliphatic carbocycles. The van der Waals surface area contributed by atoms with Crippen LogP contribution in [0.3, 0.4) is 0 Å². The summed E-state index contributed by atoms with van der Waals surface area (Å²) in [6.07, 6.45) is 3.64. The summed E-state index contributed by atoms with van der Waals surface area (Å²) in [5.74, 6) is 0.574. The Morgan fingerprint density at radius 2 is 2.24 bits per heavy atom. The lowest BCUT2D eigenvalue weighted by Crippen LogP contribution is -2.18. The van der Waals surface area contributed by atoms with E-state index in [2.05, 4.69) is 32.6 Å². The second-order valence-electron chi connectivity index (χ2n) is 4.54. The smallest absolute Gasteiger partial charge is 0.321 e. The fraction of sp³-hybridized carbons (Fsp3) is 0.538. The molecule has 8 nitrogen and oxygen atoms in total. The maximum Gasteiger partial charge on any atom is 0.321 e. The van der Waals surface area contributed by atoms with Crippen molar-refractivity contribution in [3.8, 4) is 6.01 Å². The molecule has 0 saturated carbocycles. The van der Waals surface area contributed by atoms with Gasteiger partial charge in [-0.2, -0.15) is 19.6 Å². The lowest BCUT2D eigenvalue weighted by Gasteiger charge is -2.08. The van der Waals surface area contributed by atoms with Crippen molar-refractivity contribution in [2.75, 3.05) is 26.0 Å². The highest BCUT2D eigenvalue weighted by Gasteiger charge is 2.13. The van der Waals surface area contributed by atoms with Gasteiger partial charge in [0.2, 0.25) is 11.9 Å². The van der Waals surface area contributed by atoms with Crippen LogP contribution in [-0.4, -0.2) is 46.2 Å². The van der Waals surface area contributed by atoms with Crippen LogP contribution in [0.25, 0.3) is 5.65 Å². The van der Waals surface area contributed by atoms with Gasteiger partial charge in [0.1, 0.15) is 0 Å². The molecule has 0 fully saturated rings. The molecule has 2 aromatic rings. The number of rotatable bonds is 7. The first kappa shape index (κ1) is 15.0. The number of amides is 1. The van der Waals surface area contributed by atoms with Crippen LogP contribution in [0.4, 0.5) is 5.95 Å². The number of carbonyl (C=O) groups excluding carboxylic acids is 1. The molecular formula is C13H20N6O2. The highest BCUT2D eigenvalue weighted by Crippen LogP contribution is 2.17. The fourth-order valence-corrected chi connectivity index (χ4v) is 1.90. The summed E-state index contributed by atoms with van der Waals surface area (Å²) < 4.78 is 6.77. The first-order valence-electron chi connectivity index (χ1n) is 6.92. The largest absolute Gasteiger partial charge is 0.467 e. The minimum atomic E-state index is -0.0142. The minimum Gasteiger partial charge on any atom is -0.467 e. The van der Waals surface area contributed by atoms with Gasteiger partial charge in [-0.15, -0.1) is 0 Å². The molecule has 0 aliphatic heterocycles. The molecule has 2 aromatic heterocycles. The van der Waals surface area contributed by atoms with E-state index in [0.29, 0.717) is 24.4 Å². The number of ether oxygens (including phenoxy) is 1. The Morgan fingerprint density at radius 1 is 1.43 bits per heavy atom. The zero-order valence-corrected chi connectivity index (χ0v) is 12.5. The van der Waals surface area contributed by atoms with Gasteiger partial charge in [-0.3, -0.25) is 4.79 Å². The summed E-state index contributed by atoms with van der Waals surface area (Å²) in [5.41, 5.74) is 1.54. The quantitative estimate of drug-likeness (QED) is 0.777. The second-order valence-corrected chi connectivity index (χ2v) is 4.54. The summed E-state index contributed by atoms with van der Waals surface area (Å²) in [6.45, 7) is 2.85. The fourth-order valence-electron chi connectivity index (χ4n) is 1.90. The van der Waals surface area contributed by atoms with Gasteiger partial charge in [-0.25, -0.2) is 0 Å². The molecule has 1 amide bonds. The monoisotopic (exact) mass is 292 g/mol. The standard InChI is InChI=1S/C13H20N6O2/c1-4-7-15-12-18-13(21-3)17-11-9(8-16-19(11)12)5-6-10(20)14-2/h8H,4-7H2,1-3H3,(H,14,20)(H,15,17,18). The van der Waals surface area contributed by atoms with E-state index in [4.69, 9.17) is 4.74 Å². The van der Waals surface area contributed by atoms with Crippen molar-refractivity contribution in [3.05, 3.63) is 11.8 Å².